The standard InChI is InChI=1S/C26H21N/c1-26(2,3)23-15-19-12-18-10-6-7-11-20(18)24-21-13-16-8-4-5-9-17(16)14-22(21)27(23)25(19)24/h4-15H,1-3H3. The third-order valence-corrected chi connectivity index (χ3v) is 5.95. The van der Waals surface area contributed by atoms with Crippen LogP contribution in [-0.4, -0.2) is 4.40 Å². The predicted molar refractivity (Wildman–Crippen MR) is 117 cm³/mol. The third kappa shape index (κ3) is 1.89. The average molecular weight is 347 g/mol. The second-order valence-corrected chi connectivity index (χ2v) is 8.74. The summed E-state index contributed by atoms with van der Waals surface area (Å²) in [5.74, 6) is 0. The van der Waals surface area contributed by atoms with Crippen molar-refractivity contribution in [3.05, 3.63) is 78.5 Å². The lowest BCUT2D eigenvalue weighted by atomic mass is 9.91. The zero-order valence-corrected chi connectivity index (χ0v) is 15.9. The van der Waals surface area contributed by atoms with Gasteiger partial charge in [-0.15, -0.1) is 0 Å². The van der Waals surface area contributed by atoms with Crippen LogP contribution in [0.5, 0.6) is 0 Å². The van der Waals surface area contributed by atoms with Crippen molar-refractivity contribution in [3.8, 4) is 0 Å². The maximum absolute atomic E-state index is 2.51. The Balaban J connectivity index is 2.00. The van der Waals surface area contributed by atoms with Gasteiger partial charge in [-0.25, -0.2) is 0 Å². The minimum absolute atomic E-state index is 0.0791. The number of nitrogens with zero attached hydrogens (tertiary/aromatic N) is 1. The second-order valence-electron chi connectivity index (χ2n) is 8.74. The van der Waals surface area contributed by atoms with Crippen molar-refractivity contribution < 1.29 is 0 Å². The monoisotopic (exact) mass is 347 g/mol. The summed E-state index contributed by atoms with van der Waals surface area (Å²) in [6.45, 7) is 6.93. The summed E-state index contributed by atoms with van der Waals surface area (Å²) in [7, 11) is 0. The van der Waals surface area contributed by atoms with Gasteiger partial charge < -0.3 is 4.40 Å². The highest BCUT2D eigenvalue weighted by Gasteiger charge is 2.24. The van der Waals surface area contributed by atoms with Gasteiger partial charge >= 0.3 is 0 Å². The van der Waals surface area contributed by atoms with Gasteiger partial charge in [0.2, 0.25) is 0 Å². The number of aromatic nitrogens is 1. The molecule has 0 amide bonds. The van der Waals surface area contributed by atoms with E-state index in [0.717, 1.165) is 0 Å². The molecule has 1 nitrogen and oxygen atoms in total. The van der Waals surface area contributed by atoms with Gasteiger partial charge in [-0.05, 0) is 45.8 Å². The van der Waals surface area contributed by atoms with Crippen LogP contribution >= 0.6 is 0 Å². The smallest absolute Gasteiger partial charge is 0.0617 e. The number of hydrogen-bond donors (Lipinski definition) is 0. The van der Waals surface area contributed by atoms with Gasteiger partial charge in [-0.3, -0.25) is 0 Å². The molecule has 0 radical (unpaired) electrons. The summed E-state index contributed by atoms with van der Waals surface area (Å²) < 4.78 is 2.51. The Labute approximate surface area is 158 Å². The van der Waals surface area contributed by atoms with E-state index in [1.165, 1.54) is 54.4 Å². The molecule has 0 aliphatic heterocycles. The Morgan fingerprint density at radius 3 is 2.04 bits per heavy atom. The molecule has 4 aromatic carbocycles. The zero-order chi connectivity index (χ0) is 18.3. The lowest BCUT2D eigenvalue weighted by Gasteiger charge is -2.18. The molecule has 130 valence electrons. The van der Waals surface area contributed by atoms with Crippen LogP contribution < -0.4 is 0 Å². The van der Waals surface area contributed by atoms with Crippen molar-refractivity contribution in [1.82, 2.24) is 4.40 Å². The van der Waals surface area contributed by atoms with E-state index in [2.05, 4.69) is 98.0 Å². The Kier molecular flexibility index (Phi) is 2.68. The van der Waals surface area contributed by atoms with Crippen molar-refractivity contribution >= 4 is 48.7 Å². The SMILES string of the molecule is CC(C)(C)c1cc2cc3ccccc3c3c4cc5ccccc5cc4n1c23. The first-order valence-corrected chi connectivity index (χ1v) is 9.63. The molecule has 0 atom stereocenters. The van der Waals surface area contributed by atoms with Crippen molar-refractivity contribution in [2.24, 2.45) is 0 Å². The Bertz CT molecular complexity index is 1490. The first-order chi connectivity index (χ1) is 13.0. The van der Waals surface area contributed by atoms with Crippen LogP contribution in [0.2, 0.25) is 0 Å². The van der Waals surface area contributed by atoms with Crippen LogP contribution in [-0.2, 0) is 5.41 Å². The van der Waals surface area contributed by atoms with Crippen molar-refractivity contribution in [3.63, 3.8) is 0 Å². The summed E-state index contributed by atoms with van der Waals surface area (Å²) >= 11 is 0. The molecule has 0 aliphatic rings. The summed E-state index contributed by atoms with van der Waals surface area (Å²) in [6, 6.07) is 27.0. The highest BCUT2D eigenvalue weighted by Crippen LogP contribution is 2.43. The lowest BCUT2D eigenvalue weighted by Crippen LogP contribution is -2.13. The first kappa shape index (κ1) is 15.0. The fourth-order valence-electron chi connectivity index (χ4n) is 4.73. The van der Waals surface area contributed by atoms with E-state index in [-0.39, 0.29) is 5.41 Å². The molecular formula is C26H21N. The molecule has 0 saturated carbocycles. The van der Waals surface area contributed by atoms with Gasteiger partial charge in [-0.2, -0.15) is 0 Å². The lowest BCUT2D eigenvalue weighted by molar-refractivity contribution is 0.567. The topological polar surface area (TPSA) is 4.41 Å². The minimum Gasteiger partial charge on any atom is -0.312 e. The molecule has 1 heteroatoms. The minimum atomic E-state index is 0.0791. The molecule has 0 fully saturated rings. The van der Waals surface area contributed by atoms with Crippen LogP contribution in [0.25, 0.3) is 48.7 Å². The fraction of sp³-hybridized carbons (Fsp3) is 0.154. The molecule has 0 aliphatic carbocycles. The van der Waals surface area contributed by atoms with Crippen molar-refractivity contribution in [2.75, 3.05) is 0 Å². The molecule has 6 rings (SSSR count). The van der Waals surface area contributed by atoms with Gasteiger partial charge in [0.1, 0.15) is 0 Å². The maximum atomic E-state index is 2.51. The van der Waals surface area contributed by atoms with E-state index in [4.69, 9.17) is 0 Å². The third-order valence-electron chi connectivity index (χ3n) is 5.95. The Hall–Kier alpha value is -3.06. The van der Waals surface area contributed by atoms with Gasteiger partial charge in [0, 0.05) is 27.3 Å². The summed E-state index contributed by atoms with van der Waals surface area (Å²) in [4.78, 5) is 0. The largest absolute Gasteiger partial charge is 0.312 e. The first-order valence-electron chi connectivity index (χ1n) is 9.63. The second kappa shape index (κ2) is 4.80. The molecule has 6 aromatic rings. The van der Waals surface area contributed by atoms with E-state index in [1.54, 1.807) is 0 Å². The maximum Gasteiger partial charge on any atom is 0.0617 e. The molecule has 0 spiro atoms. The normalized spacial score (nSPS) is 13.0. The summed E-state index contributed by atoms with van der Waals surface area (Å²) in [6.07, 6.45) is 0. The van der Waals surface area contributed by atoms with Crippen LogP contribution in [0.4, 0.5) is 0 Å². The number of rotatable bonds is 0. The van der Waals surface area contributed by atoms with Crippen LogP contribution in [0.1, 0.15) is 26.5 Å². The number of benzene rings is 4. The van der Waals surface area contributed by atoms with E-state index in [1.807, 2.05) is 0 Å². The summed E-state index contributed by atoms with van der Waals surface area (Å²) in [5.41, 5.74) is 4.14. The zero-order valence-electron chi connectivity index (χ0n) is 15.9. The van der Waals surface area contributed by atoms with Crippen LogP contribution in [0.3, 0.4) is 0 Å². The van der Waals surface area contributed by atoms with Gasteiger partial charge in [0.05, 0.1) is 11.0 Å². The fourth-order valence-corrected chi connectivity index (χ4v) is 4.73. The summed E-state index contributed by atoms with van der Waals surface area (Å²) in [5, 5.41) is 9.36. The van der Waals surface area contributed by atoms with Crippen molar-refractivity contribution in [1.29, 1.82) is 0 Å². The molecule has 27 heavy (non-hydrogen) atoms. The molecule has 2 aromatic heterocycles. The van der Waals surface area contributed by atoms with E-state index < -0.39 is 0 Å². The Morgan fingerprint density at radius 1 is 0.630 bits per heavy atom. The quantitative estimate of drug-likeness (QED) is 0.272. The number of hydrogen-bond acceptors (Lipinski definition) is 0. The van der Waals surface area contributed by atoms with Gasteiger partial charge in [0.25, 0.3) is 0 Å². The highest BCUT2D eigenvalue weighted by atomic mass is 14.9. The molecule has 0 bridgehead atoms. The predicted octanol–water partition coefficient (Wildman–Crippen LogP) is 7.29. The molecular weight excluding hydrogens is 326 g/mol. The van der Waals surface area contributed by atoms with Gasteiger partial charge in [0.15, 0.2) is 0 Å². The van der Waals surface area contributed by atoms with Crippen LogP contribution in [0, 0.1) is 0 Å². The highest BCUT2D eigenvalue weighted by molar-refractivity contribution is 6.27. The Morgan fingerprint density at radius 2 is 1.30 bits per heavy atom. The number of fused-ring (bicyclic) bond motifs is 6. The van der Waals surface area contributed by atoms with Crippen molar-refractivity contribution in [2.45, 2.75) is 26.2 Å². The molecule has 0 saturated heterocycles. The van der Waals surface area contributed by atoms with E-state index >= 15 is 0 Å². The average Bonchev–Trinajstić information content (AvgIpc) is 3.19. The van der Waals surface area contributed by atoms with E-state index in [9.17, 15) is 0 Å². The van der Waals surface area contributed by atoms with Gasteiger partial charge in [-0.1, -0.05) is 69.3 Å². The molecule has 0 N–H and O–H groups in total. The van der Waals surface area contributed by atoms with E-state index in [0.29, 0.717) is 0 Å². The molecule has 0 unspecified atom stereocenters. The van der Waals surface area contributed by atoms with Crippen LogP contribution in [0.15, 0.2) is 72.8 Å². The molecule has 2 heterocycles.